The van der Waals surface area contributed by atoms with Gasteiger partial charge in [-0.2, -0.15) is 0 Å². The minimum atomic E-state index is -1.04. The van der Waals surface area contributed by atoms with Crippen LogP contribution >= 0.6 is 0 Å². The maximum Gasteiger partial charge on any atom is 0.329 e. The number of hydrogen-bond acceptors (Lipinski definition) is 4. The van der Waals surface area contributed by atoms with E-state index in [9.17, 15) is 19.5 Å². The van der Waals surface area contributed by atoms with Gasteiger partial charge in [-0.1, -0.05) is 103 Å². The number of ketones is 1. The molecule has 0 aliphatic carbocycles. The Morgan fingerprint density at radius 2 is 1.35 bits per heavy atom. The molecule has 0 N–H and O–H groups in total. The summed E-state index contributed by atoms with van der Waals surface area (Å²) in [5.74, 6) is -1.99. The van der Waals surface area contributed by atoms with Gasteiger partial charge in [-0.05, 0) is 29.1 Å². The van der Waals surface area contributed by atoms with Crippen LogP contribution in [-0.2, 0) is 20.6 Å². The molecule has 2 aromatic heterocycles. The second kappa shape index (κ2) is 11.4. The molecule has 0 spiro atoms. The van der Waals surface area contributed by atoms with Crippen molar-refractivity contribution in [3.05, 3.63) is 165 Å². The largest absolute Gasteiger partial charge is 0.860 e. The fourth-order valence-electron chi connectivity index (χ4n) is 5.82. The quantitative estimate of drug-likeness (QED) is 0.206. The molecule has 2 unspecified atom stereocenters. The summed E-state index contributed by atoms with van der Waals surface area (Å²) in [4.78, 5) is 41.2. The van der Waals surface area contributed by atoms with Crippen LogP contribution < -0.4 is 20.9 Å². The van der Waals surface area contributed by atoms with Crippen molar-refractivity contribution >= 4 is 16.8 Å². The number of nitrogens with zero attached hydrogens (tertiary/aromatic N) is 4. The summed E-state index contributed by atoms with van der Waals surface area (Å²) in [6.07, 6.45) is 1.88. The van der Waals surface area contributed by atoms with E-state index in [2.05, 4.69) is 4.57 Å². The number of para-hydroxylation sites is 2. The molecule has 8 heteroatoms. The molecule has 0 fully saturated rings. The average Bonchev–Trinajstić information content (AvgIpc) is 3.41. The standard InChI is InChI=1S/C35H30N4O4/c1-36-33(41)30(34(42)37(2)35(36)43)29(25-16-8-4-9-17-25)31(32(40)26-18-10-5-11-19-26)39-23-38(22-24-14-6-3-7-15-24)27-20-12-13-21-28(27)39/h3-21,23,29,31H,22H2,1-2H3. The van der Waals surface area contributed by atoms with Gasteiger partial charge in [0.25, 0.3) is 5.56 Å². The SMILES string of the molecule is Cn1c([O-])c(C(c2ccccc2)C(C(=O)c2ccccc2)n2c[n+](Cc3ccccc3)c3ccccc32)c(=O)n(C)c1=O. The predicted molar refractivity (Wildman–Crippen MR) is 162 cm³/mol. The Bertz CT molecular complexity index is 2050. The van der Waals surface area contributed by atoms with E-state index in [0.29, 0.717) is 17.7 Å². The number of aromatic nitrogens is 4. The molecule has 0 saturated heterocycles. The lowest BCUT2D eigenvalue weighted by Gasteiger charge is -2.29. The maximum absolute atomic E-state index is 14.7. The number of fused-ring (bicyclic) bond motifs is 1. The van der Waals surface area contributed by atoms with Gasteiger partial charge in [0.2, 0.25) is 12.1 Å². The highest BCUT2D eigenvalue weighted by atomic mass is 16.3. The lowest BCUT2D eigenvalue weighted by Crippen LogP contribution is -2.43. The number of imidazole rings is 1. The summed E-state index contributed by atoms with van der Waals surface area (Å²) in [5.41, 5.74) is 2.20. The average molecular weight is 571 g/mol. The molecule has 8 nitrogen and oxygen atoms in total. The summed E-state index contributed by atoms with van der Waals surface area (Å²) in [5, 5.41) is 13.8. The van der Waals surface area contributed by atoms with E-state index in [1.54, 1.807) is 24.3 Å². The highest BCUT2D eigenvalue weighted by Crippen LogP contribution is 2.39. The number of carbonyl (C=O) groups excluding carboxylic acids is 1. The molecule has 0 aliphatic heterocycles. The third-order valence-electron chi connectivity index (χ3n) is 7.98. The lowest BCUT2D eigenvalue weighted by atomic mass is 9.82. The molecule has 214 valence electrons. The van der Waals surface area contributed by atoms with Crippen LogP contribution in [-0.4, -0.2) is 19.5 Å². The fourth-order valence-corrected chi connectivity index (χ4v) is 5.82. The van der Waals surface area contributed by atoms with Gasteiger partial charge in [-0.25, -0.2) is 13.9 Å². The molecule has 43 heavy (non-hydrogen) atoms. The van der Waals surface area contributed by atoms with E-state index in [4.69, 9.17) is 0 Å². The molecule has 0 radical (unpaired) electrons. The van der Waals surface area contributed by atoms with Gasteiger partial charge in [0.15, 0.2) is 17.1 Å². The van der Waals surface area contributed by atoms with Crippen molar-refractivity contribution in [2.24, 2.45) is 14.1 Å². The maximum atomic E-state index is 14.7. The van der Waals surface area contributed by atoms with Gasteiger partial charge in [0.1, 0.15) is 6.54 Å². The van der Waals surface area contributed by atoms with Crippen LogP contribution in [0.2, 0.25) is 0 Å². The first-order valence-corrected chi connectivity index (χ1v) is 14.0. The van der Waals surface area contributed by atoms with E-state index in [1.807, 2.05) is 102 Å². The molecule has 6 rings (SSSR count). The Labute approximate surface area is 248 Å². The van der Waals surface area contributed by atoms with Crippen molar-refractivity contribution in [2.45, 2.75) is 18.5 Å². The third kappa shape index (κ3) is 4.97. The molecule has 0 saturated carbocycles. The van der Waals surface area contributed by atoms with Crippen molar-refractivity contribution in [1.82, 2.24) is 13.7 Å². The minimum Gasteiger partial charge on any atom is -0.860 e. The van der Waals surface area contributed by atoms with Gasteiger partial charge in [0.05, 0.1) is 5.92 Å². The third-order valence-corrected chi connectivity index (χ3v) is 7.98. The van der Waals surface area contributed by atoms with Gasteiger partial charge in [-0.15, -0.1) is 0 Å². The van der Waals surface area contributed by atoms with Crippen LogP contribution in [0.25, 0.3) is 11.0 Å². The van der Waals surface area contributed by atoms with Crippen LogP contribution in [0.1, 0.15) is 39.0 Å². The van der Waals surface area contributed by atoms with Gasteiger partial charge in [-0.3, -0.25) is 14.2 Å². The molecule has 2 atom stereocenters. The number of benzene rings is 4. The summed E-state index contributed by atoms with van der Waals surface area (Å²) in [7, 11) is 2.70. The Hall–Kier alpha value is -5.50. The summed E-state index contributed by atoms with van der Waals surface area (Å²) in [6.45, 7) is 0.547. The van der Waals surface area contributed by atoms with E-state index >= 15 is 0 Å². The van der Waals surface area contributed by atoms with Crippen LogP contribution in [0.15, 0.2) is 131 Å². The second-order valence-electron chi connectivity index (χ2n) is 10.6. The van der Waals surface area contributed by atoms with Crippen molar-refractivity contribution in [3.63, 3.8) is 0 Å². The predicted octanol–water partition coefficient (Wildman–Crippen LogP) is 3.70. The lowest BCUT2D eigenvalue weighted by molar-refractivity contribution is -0.663. The first-order valence-electron chi connectivity index (χ1n) is 14.0. The van der Waals surface area contributed by atoms with Crippen LogP contribution in [0.3, 0.4) is 0 Å². The molecule has 4 aromatic carbocycles. The first kappa shape index (κ1) is 27.7. The normalized spacial score (nSPS) is 12.7. The van der Waals surface area contributed by atoms with E-state index in [1.165, 1.54) is 14.1 Å². The van der Waals surface area contributed by atoms with Crippen LogP contribution in [0, 0.1) is 0 Å². The number of Topliss-reactive ketones (excluding diaryl/α,β-unsaturated/α-hetero) is 1. The Morgan fingerprint density at radius 1 is 0.767 bits per heavy atom. The summed E-state index contributed by atoms with van der Waals surface area (Å²) < 4.78 is 5.80. The highest BCUT2D eigenvalue weighted by molar-refractivity contribution is 6.00. The number of hydrogen-bond donors (Lipinski definition) is 0. The molecular weight excluding hydrogens is 540 g/mol. The Morgan fingerprint density at radius 3 is 2.02 bits per heavy atom. The molecule has 0 bridgehead atoms. The Balaban J connectivity index is 1.68. The zero-order valence-corrected chi connectivity index (χ0v) is 23.8. The molecule has 2 heterocycles. The molecule has 6 aromatic rings. The van der Waals surface area contributed by atoms with Crippen LogP contribution in [0.4, 0.5) is 0 Å². The number of carbonyl (C=O) groups is 1. The van der Waals surface area contributed by atoms with Crippen LogP contribution in [0.5, 0.6) is 5.88 Å². The smallest absolute Gasteiger partial charge is 0.329 e. The van der Waals surface area contributed by atoms with E-state index in [0.717, 1.165) is 25.7 Å². The van der Waals surface area contributed by atoms with Crippen molar-refractivity contribution in [3.8, 4) is 5.88 Å². The van der Waals surface area contributed by atoms with Gasteiger partial charge in [0, 0.05) is 25.2 Å². The highest BCUT2D eigenvalue weighted by Gasteiger charge is 2.41. The number of rotatable bonds is 8. The van der Waals surface area contributed by atoms with E-state index < -0.39 is 29.1 Å². The zero-order valence-electron chi connectivity index (χ0n) is 23.8. The fraction of sp³-hybridized carbons (Fsp3) is 0.143. The monoisotopic (exact) mass is 570 g/mol. The minimum absolute atomic E-state index is 0.141. The first-order chi connectivity index (χ1) is 20.9. The molecule has 0 aliphatic rings. The van der Waals surface area contributed by atoms with Crippen molar-refractivity contribution in [1.29, 1.82) is 0 Å². The van der Waals surface area contributed by atoms with Crippen molar-refractivity contribution < 1.29 is 14.5 Å². The Kier molecular flexibility index (Phi) is 7.34. The summed E-state index contributed by atoms with van der Waals surface area (Å²) in [6, 6.07) is 34.7. The van der Waals surface area contributed by atoms with Crippen molar-refractivity contribution in [2.75, 3.05) is 0 Å². The zero-order chi connectivity index (χ0) is 30.1. The summed E-state index contributed by atoms with van der Waals surface area (Å²) >= 11 is 0. The van der Waals surface area contributed by atoms with Gasteiger partial charge < -0.3 is 9.67 Å². The van der Waals surface area contributed by atoms with Gasteiger partial charge >= 0.3 is 5.69 Å². The molecule has 0 amide bonds. The topological polar surface area (TPSA) is 92.9 Å². The van der Waals surface area contributed by atoms with E-state index in [-0.39, 0.29) is 11.3 Å². The molecular formula is C35H30N4O4. The second-order valence-corrected chi connectivity index (χ2v) is 10.6.